The molecule has 2 aromatic carbocycles. The third kappa shape index (κ3) is 4.38. The predicted molar refractivity (Wildman–Crippen MR) is 135 cm³/mol. The van der Waals surface area contributed by atoms with Crippen molar-refractivity contribution in [1.82, 2.24) is 19.2 Å². The van der Waals surface area contributed by atoms with Crippen LogP contribution in [0.25, 0.3) is 22.6 Å². The van der Waals surface area contributed by atoms with E-state index < -0.39 is 0 Å². The first-order valence-corrected chi connectivity index (χ1v) is 11.5. The van der Waals surface area contributed by atoms with E-state index in [0.29, 0.717) is 39.0 Å². The average Bonchev–Trinajstić information content (AvgIpc) is 3.24. The zero-order valence-electron chi connectivity index (χ0n) is 19.4. The third-order valence-corrected chi connectivity index (χ3v) is 5.97. The number of hydrogen-bond donors (Lipinski definition) is 0. The minimum Gasteiger partial charge on any atom is -0.482 e. The highest BCUT2D eigenvalue weighted by atomic mass is 35.5. The van der Waals surface area contributed by atoms with Crippen molar-refractivity contribution in [3.05, 3.63) is 111 Å². The van der Waals surface area contributed by atoms with Crippen molar-refractivity contribution >= 4 is 23.0 Å². The molecule has 0 spiro atoms. The number of nitrogens with zero attached hydrogens (tertiary/aromatic N) is 4. The summed E-state index contributed by atoms with van der Waals surface area (Å²) in [6.07, 6.45) is 1.58. The molecule has 7 nitrogen and oxygen atoms in total. The molecule has 0 radical (unpaired) electrons. The Labute approximate surface area is 210 Å². The number of pyridine rings is 1. The van der Waals surface area contributed by atoms with Crippen molar-refractivity contribution in [2.75, 3.05) is 6.61 Å². The molecular weight excluding hydrogens is 483 g/mol. The summed E-state index contributed by atoms with van der Waals surface area (Å²) >= 11 is 5.88. The maximum atomic E-state index is 13.7. The fourth-order valence-electron chi connectivity index (χ4n) is 3.98. The van der Waals surface area contributed by atoms with Crippen LogP contribution >= 0.6 is 11.6 Å². The normalized spacial score (nSPS) is 11.1. The number of halogens is 2. The van der Waals surface area contributed by atoms with Crippen LogP contribution in [0.4, 0.5) is 4.39 Å². The van der Waals surface area contributed by atoms with E-state index in [2.05, 4.69) is 10.1 Å². The number of Topliss-reactive ketones (excluding diaryl/α,β-unsaturated/α-hetero) is 1. The first kappa shape index (κ1) is 23.4. The van der Waals surface area contributed by atoms with Gasteiger partial charge in [-0.3, -0.25) is 14.0 Å². The van der Waals surface area contributed by atoms with E-state index in [4.69, 9.17) is 16.3 Å². The van der Waals surface area contributed by atoms with E-state index in [9.17, 15) is 14.0 Å². The van der Waals surface area contributed by atoms with Crippen LogP contribution in [-0.2, 0) is 0 Å². The second kappa shape index (κ2) is 9.39. The highest BCUT2D eigenvalue weighted by Gasteiger charge is 2.19. The highest BCUT2D eigenvalue weighted by Crippen LogP contribution is 2.24. The lowest BCUT2D eigenvalue weighted by atomic mass is 10.1. The van der Waals surface area contributed by atoms with Crippen molar-refractivity contribution in [3.63, 3.8) is 0 Å². The van der Waals surface area contributed by atoms with Crippen LogP contribution in [0.15, 0.2) is 77.7 Å². The fraction of sp³-hybridized carbons (Fsp3) is 0.111. The molecule has 3 aromatic heterocycles. The van der Waals surface area contributed by atoms with Crippen molar-refractivity contribution < 1.29 is 13.9 Å². The average molecular weight is 503 g/mol. The Hall–Kier alpha value is -4.30. The number of carbonyl (C=O) groups excluding carboxylic acids is 1. The quantitative estimate of drug-likeness (QED) is 0.297. The molecule has 3 heterocycles. The molecule has 5 rings (SSSR count). The van der Waals surface area contributed by atoms with Gasteiger partial charge in [-0.15, -0.1) is 0 Å². The Morgan fingerprint density at radius 2 is 1.83 bits per heavy atom. The SMILES string of the molecule is Cc1nc2c(OCC(=O)c3ccc(Cl)cc3)cccn2c(=O)c1-c1cc(C)n(-c2cccc(F)c2)n1. The van der Waals surface area contributed by atoms with E-state index in [1.807, 2.05) is 6.92 Å². The molecule has 5 aromatic rings. The van der Waals surface area contributed by atoms with E-state index in [1.165, 1.54) is 16.5 Å². The number of hydrogen-bond acceptors (Lipinski definition) is 5. The number of ether oxygens (including phenoxy) is 1. The smallest absolute Gasteiger partial charge is 0.267 e. The summed E-state index contributed by atoms with van der Waals surface area (Å²) in [5, 5.41) is 5.09. The Morgan fingerprint density at radius 3 is 2.58 bits per heavy atom. The second-order valence-corrected chi connectivity index (χ2v) is 8.66. The Bertz CT molecular complexity index is 1680. The van der Waals surface area contributed by atoms with Gasteiger partial charge in [-0.1, -0.05) is 17.7 Å². The van der Waals surface area contributed by atoms with Crippen LogP contribution in [0.5, 0.6) is 5.75 Å². The summed E-state index contributed by atoms with van der Waals surface area (Å²) in [4.78, 5) is 30.6. The molecule has 0 saturated carbocycles. The zero-order chi connectivity index (χ0) is 25.4. The first-order valence-electron chi connectivity index (χ1n) is 11.1. The molecule has 0 unspecified atom stereocenters. The first-order chi connectivity index (χ1) is 17.3. The maximum absolute atomic E-state index is 13.7. The van der Waals surface area contributed by atoms with Crippen LogP contribution in [0.2, 0.25) is 5.02 Å². The van der Waals surface area contributed by atoms with Gasteiger partial charge in [0.1, 0.15) is 11.5 Å². The summed E-state index contributed by atoms with van der Waals surface area (Å²) < 4.78 is 22.4. The minimum atomic E-state index is -0.380. The topological polar surface area (TPSA) is 78.5 Å². The van der Waals surface area contributed by atoms with Gasteiger partial charge in [0.2, 0.25) is 0 Å². The van der Waals surface area contributed by atoms with Crippen LogP contribution in [0, 0.1) is 19.7 Å². The predicted octanol–water partition coefficient (Wildman–Crippen LogP) is 5.22. The van der Waals surface area contributed by atoms with Crippen molar-refractivity contribution in [3.8, 4) is 22.7 Å². The van der Waals surface area contributed by atoms with Crippen LogP contribution < -0.4 is 10.3 Å². The number of aromatic nitrogens is 4. The number of carbonyl (C=O) groups is 1. The minimum absolute atomic E-state index is 0.227. The Morgan fingerprint density at radius 1 is 1.06 bits per heavy atom. The molecule has 0 aliphatic carbocycles. The molecule has 0 saturated heterocycles. The van der Waals surface area contributed by atoms with Gasteiger partial charge in [0, 0.05) is 22.5 Å². The van der Waals surface area contributed by atoms with E-state index in [-0.39, 0.29) is 29.4 Å². The molecule has 0 atom stereocenters. The van der Waals surface area contributed by atoms with Crippen LogP contribution in [0.3, 0.4) is 0 Å². The van der Waals surface area contributed by atoms with Gasteiger partial charge in [0.05, 0.1) is 16.9 Å². The standard InChI is InChI=1S/C27H20ClFN4O3/c1-16-13-22(31-33(16)21-6-3-5-20(29)14-21)25-17(2)30-26-24(7-4-12-32(26)27(25)35)36-15-23(34)18-8-10-19(28)11-9-18/h3-14H,15H2,1-2H3. The Balaban J connectivity index is 1.50. The van der Waals surface area contributed by atoms with Crippen LogP contribution in [0.1, 0.15) is 21.7 Å². The summed E-state index contributed by atoms with van der Waals surface area (Å²) in [6.45, 7) is 3.31. The summed E-state index contributed by atoms with van der Waals surface area (Å²) in [5.74, 6) is -0.314. The summed E-state index contributed by atoms with van der Waals surface area (Å²) in [5.41, 5.74) is 2.88. The van der Waals surface area contributed by atoms with Gasteiger partial charge in [-0.2, -0.15) is 5.10 Å². The molecule has 0 N–H and O–H groups in total. The fourth-order valence-corrected chi connectivity index (χ4v) is 4.11. The molecule has 180 valence electrons. The number of aryl methyl sites for hydroxylation is 2. The molecule has 0 aliphatic rings. The molecule has 0 bridgehead atoms. The van der Waals surface area contributed by atoms with E-state index in [0.717, 1.165) is 5.69 Å². The van der Waals surface area contributed by atoms with Crippen molar-refractivity contribution in [2.45, 2.75) is 13.8 Å². The highest BCUT2D eigenvalue weighted by molar-refractivity contribution is 6.30. The molecule has 9 heteroatoms. The third-order valence-electron chi connectivity index (χ3n) is 5.72. The lowest BCUT2D eigenvalue weighted by Crippen LogP contribution is -2.20. The second-order valence-electron chi connectivity index (χ2n) is 8.22. The van der Waals surface area contributed by atoms with Gasteiger partial charge < -0.3 is 4.74 Å². The van der Waals surface area contributed by atoms with Gasteiger partial charge in [-0.05, 0) is 74.5 Å². The van der Waals surface area contributed by atoms with Crippen molar-refractivity contribution in [2.24, 2.45) is 0 Å². The zero-order valence-corrected chi connectivity index (χ0v) is 20.2. The van der Waals surface area contributed by atoms with Gasteiger partial charge >= 0.3 is 0 Å². The number of benzene rings is 2. The van der Waals surface area contributed by atoms with Gasteiger partial charge in [0.15, 0.2) is 23.8 Å². The van der Waals surface area contributed by atoms with E-state index >= 15 is 0 Å². The van der Waals surface area contributed by atoms with Crippen LogP contribution in [-0.4, -0.2) is 31.6 Å². The van der Waals surface area contributed by atoms with E-state index in [1.54, 1.807) is 72.4 Å². The lowest BCUT2D eigenvalue weighted by Gasteiger charge is -2.11. The summed E-state index contributed by atoms with van der Waals surface area (Å²) in [7, 11) is 0. The number of ketones is 1. The largest absolute Gasteiger partial charge is 0.482 e. The summed E-state index contributed by atoms with van der Waals surface area (Å²) in [6, 6.07) is 17.6. The lowest BCUT2D eigenvalue weighted by molar-refractivity contribution is 0.0922. The number of fused-ring (bicyclic) bond motifs is 1. The molecule has 36 heavy (non-hydrogen) atoms. The maximum Gasteiger partial charge on any atom is 0.267 e. The molecular formula is C27H20ClFN4O3. The van der Waals surface area contributed by atoms with Gasteiger partial charge in [-0.25, -0.2) is 14.1 Å². The molecule has 0 aliphatic heterocycles. The monoisotopic (exact) mass is 502 g/mol. The van der Waals surface area contributed by atoms with Crippen molar-refractivity contribution in [1.29, 1.82) is 0 Å². The number of rotatable bonds is 6. The van der Waals surface area contributed by atoms with Gasteiger partial charge in [0.25, 0.3) is 5.56 Å². The molecule has 0 amide bonds. The Kier molecular flexibility index (Phi) is 6.12. The molecule has 0 fully saturated rings.